The van der Waals surface area contributed by atoms with Crippen LogP contribution in [0.25, 0.3) is 0 Å². The molecule has 0 radical (unpaired) electrons. The van der Waals surface area contributed by atoms with Crippen molar-refractivity contribution in [2.45, 2.75) is 0 Å². The topological polar surface area (TPSA) is 32.7 Å². The summed E-state index contributed by atoms with van der Waals surface area (Å²) in [7, 11) is 0. The van der Waals surface area contributed by atoms with E-state index < -0.39 is 0 Å². The summed E-state index contributed by atoms with van der Waals surface area (Å²) in [6.07, 6.45) is 1.73. The molecule has 0 aromatic heterocycles. The summed E-state index contributed by atoms with van der Waals surface area (Å²) in [5.41, 5.74) is 2.40. The first kappa shape index (κ1) is 11.9. The van der Waals surface area contributed by atoms with E-state index in [4.69, 9.17) is 11.6 Å². The van der Waals surface area contributed by atoms with Gasteiger partial charge in [0.25, 0.3) is 5.91 Å². The van der Waals surface area contributed by atoms with Gasteiger partial charge in [-0.3, -0.25) is 14.7 Å². The fourth-order valence-electron chi connectivity index (χ4n) is 2.12. The first-order chi connectivity index (χ1) is 9.27. The largest absolute Gasteiger partial charge is 0.283 e. The predicted octanol–water partition coefficient (Wildman–Crippen LogP) is 3.44. The SMILES string of the molecule is O=C1CN=Cc2ccccc2N1c1ccccc1Cl. The minimum atomic E-state index is -0.0886. The maximum absolute atomic E-state index is 12.3. The lowest BCUT2D eigenvalue weighted by Crippen LogP contribution is -2.27. The first-order valence-electron chi connectivity index (χ1n) is 5.94. The Hall–Kier alpha value is -2.13. The molecule has 0 saturated heterocycles. The monoisotopic (exact) mass is 270 g/mol. The summed E-state index contributed by atoms with van der Waals surface area (Å²) in [5.74, 6) is -0.0886. The maximum atomic E-state index is 12.3. The molecule has 0 saturated carbocycles. The number of fused-ring (bicyclic) bond motifs is 1. The van der Waals surface area contributed by atoms with E-state index >= 15 is 0 Å². The second-order valence-corrected chi connectivity index (χ2v) is 4.62. The van der Waals surface area contributed by atoms with Crippen molar-refractivity contribution in [3.8, 4) is 0 Å². The van der Waals surface area contributed by atoms with Gasteiger partial charge in [-0.15, -0.1) is 0 Å². The van der Waals surface area contributed by atoms with Gasteiger partial charge in [0.1, 0.15) is 6.54 Å². The van der Waals surface area contributed by atoms with Crippen molar-refractivity contribution >= 4 is 35.1 Å². The average Bonchev–Trinajstić information content (AvgIpc) is 2.58. The molecule has 1 aliphatic rings. The average molecular weight is 271 g/mol. The Balaban J connectivity index is 2.20. The molecule has 0 N–H and O–H groups in total. The second-order valence-electron chi connectivity index (χ2n) is 4.21. The van der Waals surface area contributed by atoms with Gasteiger partial charge in [0.15, 0.2) is 0 Å². The van der Waals surface area contributed by atoms with Crippen molar-refractivity contribution in [2.24, 2.45) is 4.99 Å². The van der Waals surface area contributed by atoms with E-state index in [1.54, 1.807) is 17.2 Å². The highest BCUT2D eigenvalue weighted by molar-refractivity contribution is 6.34. The van der Waals surface area contributed by atoms with Crippen molar-refractivity contribution < 1.29 is 4.79 Å². The van der Waals surface area contributed by atoms with E-state index in [1.807, 2.05) is 42.5 Å². The smallest absolute Gasteiger partial charge is 0.253 e. The molecule has 1 amide bonds. The molecule has 0 aliphatic carbocycles. The highest BCUT2D eigenvalue weighted by Gasteiger charge is 2.23. The number of hydrogen-bond acceptors (Lipinski definition) is 2. The van der Waals surface area contributed by atoms with Crippen LogP contribution in [-0.2, 0) is 4.79 Å². The maximum Gasteiger partial charge on any atom is 0.253 e. The summed E-state index contributed by atoms with van der Waals surface area (Å²) in [6, 6.07) is 15.0. The number of nitrogens with zero attached hydrogens (tertiary/aromatic N) is 2. The van der Waals surface area contributed by atoms with E-state index in [0.29, 0.717) is 10.7 Å². The Morgan fingerprint density at radius 1 is 1.00 bits per heavy atom. The van der Waals surface area contributed by atoms with Crippen LogP contribution in [0.5, 0.6) is 0 Å². The van der Waals surface area contributed by atoms with Crippen molar-refractivity contribution in [3.63, 3.8) is 0 Å². The van der Waals surface area contributed by atoms with Crippen molar-refractivity contribution in [1.82, 2.24) is 0 Å². The van der Waals surface area contributed by atoms with Gasteiger partial charge in [0.05, 0.1) is 16.4 Å². The highest BCUT2D eigenvalue weighted by Crippen LogP contribution is 2.34. The standard InChI is InChI=1S/C15H11ClN2O/c16-12-6-2-4-8-14(12)18-13-7-3-1-5-11(13)9-17-10-15(18)19/h1-9H,10H2. The molecule has 0 fully saturated rings. The van der Waals surface area contributed by atoms with Gasteiger partial charge in [0, 0.05) is 11.8 Å². The molecule has 4 heteroatoms. The fourth-order valence-corrected chi connectivity index (χ4v) is 2.34. The van der Waals surface area contributed by atoms with Crippen LogP contribution < -0.4 is 4.90 Å². The molecular formula is C15H11ClN2O. The third kappa shape index (κ3) is 2.13. The molecule has 2 aromatic carbocycles. The van der Waals surface area contributed by atoms with Gasteiger partial charge in [-0.25, -0.2) is 0 Å². The predicted molar refractivity (Wildman–Crippen MR) is 77.5 cm³/mol. The Labute approximate surface area is 116 Å². The van der Waals surface area contributed by atoms with Crippen molar-refractivity contribution in [2.75, 3.05) is 11.4 Å². The number of hydrogen-bond donors (Lipinski definition) is 0. The van der Waals surface area contributed by atoms with Gasteiger partial charge in [-0.1, -0.05) is 41.9 Å². The number of halogens is 1. The van der Waals surface area contributed by atoms with Gasteiger partial charge in [-0.2, -0.15) is 0 Å². The van der Waals surface area contributed by atoms with Crippen LogP contribution >= 0.6 is 11.6 Å². The molecule has 0 atom stereocenters. The lowest BCUT2D eigenvalue weighted by atomic mass is 10.1. The molecule has 0 spiro atoms. The van der Waals surface area contributed by atoms with Crippen molar-refractivity contribution in [3.05, 3.63) is 59.1 Å². The molecule has 0 unspecified atom stereocenters. The van der Waals surface area contributed by atoms with Crippen LogP contribution in [0.1, 0.15) is 5.56 Å². The number of anilines is 2. The van der Waals surface area contributed by atoms with Gasteiger partial charge in [0.2, 0.25) is 0 Å². The zero-order valence-electron chi connectivity index (χ0n) is 10.1. The van der Waals surface area contributed by atoms with E-state index in [9.17, 15) is 4.79 Å². The van der Waals surface area contributed by atoms with Crippen LogP contribution in [0.2, 0.25) is 5.02 Å². The number of amides is 1. The quantitative estimate of drug-likeness (QED) is 0.781. The Morgan fingerprint density at radius 3 is 2.47 bits per heavy atom. The van der Waals surface area contributed by atoms with Crippen LogP contribution in [0.3, 0.4) is 0 Å². The number of para-hydroxylation sites is 2. The summed E-state index contributed by atoms with van der Waals surface area (Å²) < 4.78 is 0. The number of aliphatic imine (C=N–C) groups is 1. The number of benzodiazepines with no additional fused rings is 1. The molecular weight excluding hydrogens is 260 g/mol. The van der Waals surface area contributed by atoms with E-state index in [1.165, 1.54) is 0 Å². The summed E-state index contributed by atoms with van der Waals surface area (Å²) in [6.45, 7) is 0.125. The van der Waals surface area contributed by atoms with Gasteiger partial charge < -0.3 is 0 Å². The van der Waals surface area contributed by atoms with E-state index in [0.717, 1.165) is 11.3 Å². The zero-order valence-corrected chi connectivity index (χ0v) is 10.8. The van der Waals surface area contributed by atoms with Crippen LogP contribution in [0, 0.1) is 0 Å². The lowest BCUT2D eigenvalue weighted by Gasteiger charge is -2.23. The third-order valence-electron chi connectivity index (χ3n) is 2.98. The highest BCUT2D eigenvalue weighted by atomic mass is 35.5. The van der Waals surface area contributed by atoms with Gasteiger partial charge >= 0.3 is 0 Å². The molecule has 2 aromatic rings. The molecule has 3 rings (SSSR count). The zero-order chi connectivity index (χ0) is 13.2. The van der Waals surface area contributed by atoms with E-state index in [2.05, 4.69) is 4.99 Å². The third-order valence-corrected chi connectivity index (χ3v) is 3.30. The Morgan fingerprint density at radius 2 is 1.68 bits per heavy atom. The molecule has 3 nitrogen and oxygen atoms in total. The van der Waals surface area contributed by atoms with Crippen LogP contribution in [-0.4, -0.2) is 18.7 Å². The normalized spacial score (nSPS) is 14.2. The number of carbonyl (C=O) groups is 1. The molecule has 94 valence electrons. The summed E-state index contributed by atoms with van der Waals surface area (Å²) >= 11 is 6.21. The number of rotatable bonds is 1. The van der Waals surface area contributed by atoms with Crippen molar-refractivity contribution in [1.29, 1.82) is 0 Å². The Kier molecular flexibility index (Phi) is 3.05. The molecule has 19 heavy (non-hydrogen) atoms. The van der Waals surface area contributed by atoms with E-state index in [-0.39, 0.29) is 12.5 Å². The molecule has 1 aliphatic heterocycles. The fraction of sp³-hybridized carbons (Fsp3) is 0.0667. The second kappa shape index (κ2) is 4.86. The summed E-state index contributed by atoms with van der Waals surface area (Å²) in [4.78, 5) is 18.1. The molecule has 0 bridgehead atoms. The van der Waals surface area contributed by atoms with Crippen LogP contribution in [0.15, 0.2) is 53.5 Å². The van der Waals surface area contributed by atoms with Crippen LogP contribution in [0.4, 0.5) is 11.4 Å². The summed E-state index contributed by atoms with van der Waals surface area (Å²) in [5, 5.41) is 0.549. The first-order valence-corrected chi connectivity index (χ1v) is 6.31. The van der Waals surface area contributed by atoms with Gasteiger partial charge in [-0.05, 0) is 18.2 Å². The minimum Gasteiger partial charge on any atom is -0.283 e. The minimum absolute atomic E-state index is 0.0886. The number of benzene rings is 2. The molecule has 1 heterocycles. The Bertz CT molecular complexity index is 667. The lowest BCUT2D eigenvalue weighted by molar-refractivity contribution is -0.116. The number of carbonyl (C=O) groups excluding carboxylic acids is 1.